The van der Waals surface area contributed by atoms with Crippen LogP contribution >= 0.6 is 11.6 Å². The van der Waals surface area contributed by atoms with Crippen LogP contribution in [0.25, 0.3) is 0 Å². The molecule has 0 aromatic heterocycles. The van der Waals surface area contributed by atoms with E-state index in [2.05, 4.69) is 5.32 Å². The van der Waals surface area contributed by atoms with Crippen molar-refractivity contribution in [3.05, 3.63) is 46.5 Å². The van der Waals surface area contributed by atoms with Gasteiger partial charge in [-0.3, -0.25) is 0 Å². The Morgan fingerprint density at radius 3 is 2.47 bits per heavy atom. The van der Waals surface area contributed by atoms with E-state index in [1.165, 1.54) is 0 Å². The van der Waals surface area contributed by atoms with E-state index in [9.17, 15) is 0 Å². The third-order valence-electron chi connectivity index (χ3n) is 2.86. The molecule has 100 valence electrons. The second-order valence-electron chi connectivity index (χ2n) is 4.56. The first-order valence-corrected chi connectivity index (χ1v) is 6.35. The van der Waals surface area contributed by atoms with Crippen LogP contribution < -0.4 is 15.8 Å². The van der Waals surface area contributed by atoms with Crippen LogP contribution in [0, 0.1) is 13.8 Å². The predicted octanol–water partition coefficient (Wildman–Crippen LogP) is 4.29. The second-order valence-corrected chi connectivity index (χ2v) is 4.97. The number of rotatable bonds is 3. The SMILES string of the molecule is COc1cc(Cl)c(C)cc1Nc1cc(C)cc(N)c1. The molecule has 0 heterocycles. The molecule has 0 bridgehead atoms. The number of methoxy groups -OCH3 is 1. The Bertz CT molecular complexity index is 591. The van der Waals surface area contributed by atoms with Gasteiger partial charge in [-0.1, -0.05) is 11.6 Å². The van der Waals surface area contributed by atoms with Gasteiger partial charge < -0.3 is 15.8 Å². The summed E-state index contributed by atoms with van der Waals surface area (Å²) in [5.74, 6) is 0.704. The van der Waals surface area contributed by atoms with E-state index in [-0.39, 0.29) is 0 Å². The molecule has 0 aliphatic heterocycles. The smallest absolute Gasteiger partial charge is 0.143 e. The highest BCUT2D eigenvalue weighted by atomic mass is 35.5. The molecule has 0 aliphatic carbocycles. The monoisotopic (exact) mass is 276 g/mol. The van der Waals surface area contributed by atoms with E-state index in [4.69, 9.17) is 22.1 Å². The van der Waals surface area contributed by atoms with Crippen molar-refractivity contribution in [2.75, 3.05) is 18.2 Å². The molecule has 0 saturated heterocycles. The Morgan fingerprint density at radius 1 is 1.11 bits per heavy atom. The number of nitrogens with two attached hydrogens (primary N) is 1. The van der Waals surface area contributed by atoms with Crippen molar-refractivity contribution in [2.45, 2.75) is 13.8 Å². The largest absolute Gasteiger partial charge is 0.495 e. The summed E-state index contributed by atoms with van der Waals surface area (Å²) < 4.78 is 5.34. The first-order valence-electron chi connectivity index (χ1n) is 5.98. The molecule has 19 heavy (non-hydrogen) atoms. The Hall–Kier alpha value is -1.87. The summed E-state index contributed by atoms with van der Waals surface area (Å²) in [6.45, 7) is 3.96. The van der Waals surface area contributed by atoms with Crippen LogP contribution in [-0.4, -0.2) is 7.11 Å². The van der Waals surface area contributed by atoms with E-state index in [1.54, 1.807) is 13.2 Å². The first-order chi connectivity index (χ1) is 8.99. The van der Waals surface area contributed by atoms with Gasteiger partial charge in [0.15, 0.2) is 0 Å². The molecule has 3 N–H and O–H groups in total. The summed E-state index contributed by atoms with van der Waals surface area (Å²) in [6, 6.07) is 9.60. The third-order valence-corrected chi connectivity index (χ3v) is 3.27. The summed E-state index contributed by atoms with van der Waals surface area (Å²) in [4.78, 5) is 0. The first kappa shape index (κ1) is 13.6. The van der Waals surface area contributed by atoms with E-state index in [1.807, 2.05) is 38.1 Å². The molecule has 3 nitrogen and oxygen atoms in total. The van der Waals surface area contributed by atoms with Crippen LogP contribution in [0.15, 0.2) is 30.3 Å². The molecular formula is C15H17ClN2O. The molecule has 0 amide bonds. The van der Waals surface area contributed by atoms with Gasteiger partial charge in [-0.25, -0.2) is 0 Å². The van der Waals surface area contributed by atoms with E-state index >= 15 is 0 Å². The molecule has 2 aromatic carbocycles. The zero-order valence-corrected chi connectivity index (χ0v) is 12.0. The lowest BCUT2D eigenvalue weighted by atomic mass is 10.1. The summed E-state index contributed by atoms with van der Waals surface area (Å²) in [6.07, 6.45) is 0. The number of halogens is 1. The maximum Gasteiger partial charge on any atom is 0.143 e. The summed E-state index contributed by atoms with van der Waals surface area (Å²) in [5, 5.41) is 4.00. The van der Waals surface area contributed by atoms with Gasteiger partial charge in [-0.15, -0.1) is 0 Å². The lowest BCUT2D eigenvalue weighted by Gasteiger charge is -2.14. The predicted molar refractivity (Wildman–Crippen MR) is 81.6 cm³/mol. The molecule has 0 atom stereocenters. The highest BCUT2D eigenvalue weighted by Gasteiger charge is 2.07. The number of nitrogens with one attached hydrogen (secondary N) is 1. The minimum atomic E-state index is 0.686. The molecular weight excluding hydrogens is 260 g/mol. The Morgan fingerprint density at radius 2 is 1.84 bits per heavy atom. The van der Waals surface area contributed by atoms with Crippen LogP contribution in [0.3, 0.4) is 0 Å². The van der Waals surface area contributed by atoms with Gasteiger partial charge >= 0.3 is 0 Å². The topological polar surface area (TPSA) is 47.3 Å². The number of nitrogen functional groups attached to an aromatic ring is 1. The number of anilines is 3. The molecule has 2 aromatic rings. The quantitative estimate of drug-likeness (QED) is 0.822. The summed E-state index contributed by atoms with van der Waals surface area (Å²) >= 11 is 6.09. The normalized spacial score (nSPS) is 10.3. The molecule has 0 spiro atoms. The Labute approximate surface area is 118 Å². The average Bonchev–Trinajstić information content (AvgIpc) is 2.32. The van der Waals surface area contributed by atoms with Crippen LogP contribution in [0.2, 0.25) is 5.02 Å². The number of aryl methyl sites for hydroxylation is 2. The van der Waals surface area contributed by atoms with Crippen LogP contribution in [0.4, 0.5) is 17.1 Å². The summed E-state index contributed by atoms with van der Waals surface area (Å²) in [7, 11) is 1.62. The fourth-order valence-corrected chi connectivity index (χ4v) is 2.12. The van der Waals surface area contributed by atoms with Gasteiger partial charge in [-0.2, -0.15) is 0 Å². The minimum Gasteiger partial charge on any atom is -0.495 e. The van der Waals surface area contributed by atoms with Crippen LogP contribution in [0.1, 0.15) is 11.1 Å². The van der Waals surface area contributed by atoms with E-state index in [0.717, 1.165) is 28.2 Å². The maximum atomic E-state index is 6.09. The van der Waals surface area contributed by atoms with Crippen LogP contribution in [-0.2, 0) is 0 Å². The van der Waals surface area contributed by atoms with Gasteiger partial charge in [0.1, 0.15) is 5.75 Å². The van der Waals surface area contributed by atoms with E-state index < -0.39 is 0 Å². The van der Waals surface area contributed by atoms with Gasteiger partial charge in [-0.05, 0) is 49.2 Å². The lowest BCUT2D eigenvalue weighted by molar-refractivity contribution is 0.417. The van der Waals surface area contributed by atoms with Crippen molar-refractivity contribution in [1.82, 2.24) is 0 Å². The standard InChI is InChI=1S/C15H17ClN2O/c1-9-4-11(17)7-12(5-9)18-14-6-10(2)13(16)8-15(14)19-3/h4-8,18H,17H2,1-3H3. The minimum absolute atomic E-state index is 0.686. The number of hydrogen-bond donors (Lipinski definition) is 2. The van der Waals surface area contributed by atoms with Crippen molar-refractivity contribution < 1.29 is 4.74 Å². The molecule has 0 radical (unpaired) electrons. The fraction of sp³-hybridized carbons (Fsp3) is 0.200. The van der Waals surface area contributed by atoms with Gasteiger partial charge in [0.25, 0.3) is 0 Å². The molecule has 0 saturated carbocycles. The van der Waals surface area contributed by atoms with Crippen LogP contribution in [0.5, 0.6) is 5.75 Å². The molecule has 2 rings (SSSR count). The highest BCUT2D eigenvalue weighted by Crippen LogP contribution is 2.33. The van der Waals surface area contributed by atoms with Crippen molar-refractivity contribution >= 4 is 28.7 Å². The third kappa shape index (κ3) is 3.12. The van der Waals surface area contributed by atoms with E-state index in [0.29, 0.717) is 10.8 Å². The van der Waals surface area contributed by atoms with Crippen molar-refractivity contribution in [1.29, 1.82) is 0 Å². The fourth-order valence-electron chi connectivity index (χ4n) is 1.97. The zero-order valence-electron chi connectivity index (χ0n) is 11.3. The van der Waals surface area contributed by atoms with Gasteiger partial charge in [0.2, 0.25) is 0 Å². The maximum absolute atomic E-state index is 6.09. The Balaban J connectivity index is 2.39. The molecule has 0 aliphatic rings. The van der Waals surface area contributed by atoms with Gasteiger partial charge in [0, 0.05) is 22.5 Å². The van der Waals surface area contributed by atoms with Crippen molar-refractivity contribution in [3.8, 4) is 5.75 Å². The molecule has 4 heteroatoms. The average molecular weight is 277 g/mol. The lowest BCUT2D eigenvalue weighted by Crippen LogP contribution is -1.97. The molecule has 0 unspecified atom stereocenters. The number of hydrogen-bond acceptors (Lipinski definition) is 3. The zero-order chi connectivity index (χ0) is 14.0. The van der Waals surface area contributed by atoms with Crippen molar-refractivity contribution in [3.63, 3.8) is 0 Å². The van der Waals surface area contributed by atoms with Gasteiger partial charge in [0.05, 0.1) is 12.8 Å². The number of benzene rings is 2. The Kier molecular flexibility index (Phi) is 3.86. The molecule has 0 fully saturated rings. The van der Waals surface area contributed by atoms with Crippen molar-refractivity contribution in [2.24, 2.45) is 0 Å². The second kappa shape index (κ2) is 5.41. The number of ether oxygens (including phenoxy) is 1. The highest BCUT2D eigenvalue weighted by molar-refractivity contribution is 6.31. The summed E-state index contributed by atoms with van der Waals surface area (Å²) in [5.41, 5.74) is 10.5.